The molecule has 1 aliphatic heterocycles. The van der Waals surface area contributed by atoms with Crippen LogP contribution in [0.5, 0.6) is 5.75 Å². The lowest BCUT2D eigenvalue weighted by Gasteiger charge is -2.30. The van der Waals surface area contributed by atoms with E-state index in [0.29, 0.717) is 23.3 Å². The Morgan fingerprint density at radius 2 is 2.05 bits per heavy atom. The summed E-state index contributed by atoms with van der Waals surface area (Å²) >= 11 is 11.8. The van der Waals surface area contributed by atoms with Gasteiger partial charge in [-0.3, -0.25) is 0 Å². The summed E-state index contributed by atoms with van der Waals surface area (Å²) in [6.45, 7) is 7.60. The Bertz CT molecular complexity index is 442. The molecule has 1 aromatic rings. The monoisotopic (exact) mass is 331 g/mol. The molecule has 1 aromatic carbocycles. The van der Waals surface area contributed by atoms with Crippen molar-refractivity contribution in [3.05, 3.63) is 28.2 Å². The topological polar surface area (TPSA) is 21.7 Å². The molecule has 0 bridgehead atoms. The van der Waals surface area contributed by atoms with Gasteiger partial charge in [0.15, 0.2) is 0 Å². The van der Waals surface area contributed by atoms with Crippen LogP contribution in [-0.2, 0) is 4.74 Å². The normalized spacial score (nSPS) is 19.7. The van der Waals surface area contributed by atoms with Gasteiger partial charge in [0.1, 0.15) is 12.4 Å². The van der Waals surface area contributed by atoms with Crippen molar-refractivity contribution in [2.45, 2.75) is 19.8 Å². The van der Waals surface area contributed by atoms with Crippen molar-refractivity contribution in [3.63, 3.8) is 0 Å². The van der Waals surface area contributed by atoms with E-state index in [1.54, 1.807) is 12.1 Å². The van der Waals surface area contributed by atoms with E-state index >= 15 is 0 Å². The van der Waals surface area contributed by atoms with Gasteiger partial charge in [0.2, 0.25) is 0 Å². The van der Waals surface area contributed by atoms with E-state index in [1.807, 2.05) is 6.07 Å². The molecule has 0 unspecified atom stereocenters. The van der Waals surface area contributed by atoms with E-state index in [4.69, 9.17) is 32.7 Å². The van der Waals surface area contributed by atoms with Gasteiger partial charge in [0.05, 0.1) is 23.3 Å². The largest absolute Gasteiger partial charge is 0.491 e. The molecule has 1 heterocycles. The molecule has 21 heavy (non-hydrogen) atoms. The second-order valence-corrected chi connectivity index (χ2v) is 6.40. The molecule has 118 valence electrons. The molecule has 0 N–H and O–H groups in total. The van der Waals surface area contributed by atoms with Crippen molar-refractivity contribution < 1.29 is 9.47 Å². The van der Waals surface area contributed by atoms with Crippen LogP contribution >= 0.6 is 23.2 Å². The molecule has 1 saturated heterocycles. The van der Waals surface area contributed by atoms with Crippen LogP contribution in [0.2, 0.25) is 10.0 Å². The van der Waals surface area contributed by atoms with Gasteiger partial charge in [0.25, 0.3) is 0 Å². The molecule has 0 aliphatic carbocycles. The second-order valence-electron chi connectivity index (χ2n) is 5.58. The van der Waals surface area contributed by atoms with Crippen LogP contribution in [-0.4, -0.2) is 44.4 Å². The van der Waals surface area contributed by atoms with Crippen molar-refractivity contribution in [2.24, 2.45) is 5.92 Å². The molecule has 0 aromatic heterocycles. The Kier molecular flexibility index (Phi) is 7.11. The minimum absolute atomic E-state index is 0.509. The Labute approximate surface area is 137 Å². The van der Waals surface area contributed by atoms with Crippen molar-refractivity contribution >= 4 is 23.2 Å². The van der Waals surface area contributed by atoms with Gasteiger partial charge < -0.3 is 14.4 Å². The van der Waals surface area contributed by atoms with Gasteiger partial charge in [-0.15, -0.1) is 0 Å². The van der Waals surface area contributed by atoms with Crippen molar-refractivity contribution in [1.82, 2.24) is 4.90 Å². The summed E-state index contributed by atoms with van der Waals surface area (Å²) in [5, 5.41) is 1.05. The smallest absolute Gasteiger partial charge is 0.121 e. The maximum atomic E-state index is 5.93. The number of ether oxygens (including phenoxy) is 2. The second kappa shape index (κ2) is 8.84. The summed E-state index contributed by atoms with van der Waals surface area (Å²) in [6.07, 6.45) is 2.66. The minimum Gasteiger partial charge on any atom is -0.491 e. The highest BCUT2D eigenvalue weighted by Gasteiger charge is 2.15. The molecule has 0 saturated carbocycles. The lowest BCUT2D eigenvalue weighted by molar-refractivity contribution is 0.0689. The predicted molar refractivity (Wildman–Crippen MR) is 87.6 cm³/mol. The Morgan fingerprint density at radius 3 is 2.81 bits per heavy atom. The minimum atomic E-state index is 0.509. The first-order valence-electron chi connectivity index (χ1n) is 7.53. The molecule has 0 amide bonds. The third-order valence-corrected chi connectivity index (χ3v) is 4.42. The fourth-order valence-electron chi connectivity index (χ4n) is 2.57. The third kappa shape index (κ3) is 6.03. The number of benzene rings is 1. The van der Waals surface area contributed by atoms with Crippen LogP contribution in [0.15, 0.2) is 18.2 Å². The maximum absolute atomic E-state index is 5.93. The highest BCUT2D eigenvalue weighted by molar-refractivity contribution is 6.42. The fraction of sp³-hybridized carbons (Fsp3) is 0.625. The SMILES string of the molecule is C[C@H]1CCCN(CCOCCOc2ccc(Cl)c(Cl)c2)C1. The first-order valence-corrected chi connectivity index (χ1v) is 8.28. The molecule has 1 atom stereocenters. The number of hydrogen-bond acceptors (Lipinski definition) is 3. The number of nitrogens with zero attached hydrogens (tertiary/aromatic N) is 1. The predicted octanol–water partition coefficient (Wildman–Crippen LogP) is 4.12. The number of likely N-dealkylation sites (tertiary alicyclic amines) is 1. The van der Waals surface area contributed by atoms with E-state index in [2.05, 4.69) is 11.8 Å². The Hall–Kier alpha value is -0.480. The zero-order chi connectivity index (χ0) is 15.1. The number of halogens is 2. The van der Waals surface area contributed by atoms with Gasteiger partial charge in [-0.05, 0) is 37.4 Å². The Morgan fingerprint density at radius 1 is 1.19 bits per heavy atom. The van der Waals surface area contributed by atoms with Crippen LogP contribution in [0.25, 0.3) is 0 Å². The summed E-state index contributed by atoms with van der Waals surface area (Å²) in [6, 6.07) is 5.26. The van der Waals surface area contributed by atoms with Crippen LogP contribution in [0, 0.1) is 5.92 Å². The van der Waals surface area contributed by atoms with Crippen molar-refractivity contribution in [2.75, 3.05) is 39.5 Å². The van der Waals surface area contributed by atoms with E-state index in [-0.39, 0.29) is 0 Å². The van der Waals surface area contributed by atoms with Crippen LogP contribution < -0.4 is 4.74 Å². The highest BCUT2D eigenvalue weighted by atomic mass is 35.5. The molecule has 3 nitrogen and oxygen atoms in total. The van der Waals surface area contributed by atoms with Crippen LogP contribution in [0.3, 0.4) is 0 Å². The van der Waals surface area contributed by atoms with Crippen LogP contribution in [0.1, 0.15) is 19.8 Å². The average molecular weight is 332 g/mol. The summed E-state index contributed by atoms with van der Waals surface area (Å²) in [7, 11) is 0. The highest BCUT2D eigenvalue weighted by Crippen LogP contribution is 2.26. The number of rotatable bonds is 7. The fourth-order valence-corrected chi connectivity index (χ4v) is 2.86. The van der Waals surface area contributed by atoms with E-state index in [9.17, 15) is 0 Å². The summed E-state index contributed by atoms with van der Waals surface area (Å²) in [5.74, 6) is 1.54. The molecule has 0 spiro atoms. The third-order valence-electron chi connectivity index (χ3n) is 3.68. The zero-order valence-electron chi connectivity index (χ0n) is 12.5. The van der Waals surface area contributed by atoms with Crippen molar-refractivity contribution in [3.8, 4) is 5.75 Å². The molecule has 2 rings (SSSR count). The lowest BCUT2D eigenvalue weighted by Crippen LogP contribution is -2.36. The standard InChI is InChI=1S/C16H23Cl2NO2/c1-13-3-2-6-19(12-13)7-8-20-9-10-21-14-4-5-15(17)16(18)11-14/h4-5,11,13H,2-3,6-10,12H2,1H3/t13-/m0/s1. The first kappa shape index (κ1) is 16.9. The molecule has 0 radical (unpaired) electrons. The summed E-state index contributed by atoms with van der Waals surface area (Å²) < 4.78 is 11.2. The molecule has 1 aliphatic rings. The summed E-state index contributed by atoms with van der Waals surface area (Å²) in [5.41, 5.74) is 0. The van der Waals surface area contributed by atoms with E-state index < -0.39 is 0 Å². The number of hydrogen-bond donors (Lipinski definition) is 0. The lowest BCUT2D eigenvalue weighted by atomic mass is 10.0. The number of piperidine rings is 1. The molecular formula is C16H23Cl2NO2. The van der Waals surface area contributed by atoms with Gasteiger partial charge in [-0.2, -0.15) is 0 Å². The molecule has 5 heteroatoms. The van der Waals surface area contributed by atoms with E-state index in [1.165, 1.54) is 25.9 Å². The van der Waals surface area contributed by atoms with Gasteiger partial charge >= 0.3 is 0 Å². The average Bonchev–Trinajstić information content (AvgIpc) is 2.46. The van der Waals surface area contributed by atoms with Gasteiger partial charge in [0, 0.05) is 19.2 Å². The first-order chi connectivity index (χ1) is 10.1. The Balaban J connectivity index is 1.54. The molecular weight excluding hydrogens is 309 g/mol. The van der Waals surface area contributed by atoms with Gasteiger partial charge in [-0.25, -0.2) is 0 Å². The quantitative estimate of drug-likeness (QED) is 0.701. The van der Waals surface area contributed by atoms with Crippen LogP contribution in [0.4, 0.5) is 0 Å². The van der Waals surface area contributed by atoms with Crippen molar-refractivity contribution in [1.29, 1.82) is 0 Å². The summed E-state index contributed by atoms with van der Waals surface area (Å²) in [4.78, 5) is 2.48. The zero-order valence-corrected chi connectivity index (χ0v) is 14.0. The van der Waals surface area contributed by atoms with Gasteiger partial charge in [-0.1, -0.05) is 30.1 Å². The maximum Gasteiger partial charge on any atom is 0.121 e. The molecule has 1 fully saturated rings. The van der Waals surface area contributed by atoms with E-state index in [0.717, 1.165) is 24.8 Å².